The second kappa shape index (κ2) is 41.6. The molecule has 6 aromatic carbocycles. The van der Waals surface area contributed by atoms with Gasteiger partial charge in [-0.3, -0.25) is 19.2 Å². The Bertz CT molecular complexity index is 6750. The molecule has 13 heterocycles. The highest BCUT2D eigenvalue weighted by molar-refractivity contribution is 7.18. The van der Waals surface area contributed by atoms with Crippen molar-refractivity contribution in [3.05, 3.63) is 306 Å². The molecular weight excluding hydrogens is 1710 g/mol. The average molecular weight is 1820 g/mol. The summed E-state index contributed by atoms with van der Waals surface area (Å²) in [6.07, 6.45) is 15.8. The number of nitrogen functional groups attached to an aromatic ring is 2. The Kier molecular flexibility index (Phi) is 28.8. The van der Waals surface area contributed by atoms with Crippen LogP contribution in [-0.4, -0.2) is 136 Å². The van der Waals surface area contributed by atoms with Crippen LogP contribution < -0.4 is 11.5 Å². The van der Waals surface area contributed by atoms with Crippen LogP contribution in [0.5, 0.6) is 0 Å². The number of thiophene rings is 4. The van der Waals surface area contributed by atoms with Gasteiger partial charge in [-0.2, -0.15) is 0 Å². The zero-order chi connectivity index (χ0) is 90.8. The molecule has 1 aliphatic carbocycles. The third-order valence-electron chi connectivity index (χ3n) is 25.0. The van der Waals surface area contributed by atoms with E-state index in [4.69, 9.17) is 65.5 Å². The minimum absolute atomic E-state index is 0.000255. The van der Waals surface area contributed by atoms with Crippen LogP contribution in [0.15, 0.2) is 228 Å². The van der Waals surface area contributed by atoms with Crippen LogP contribution in [0.2, 0.25) is 0 Å². The fraction of sp³-hybridized carbons (Fsp3) is 0.308. The normalized spacial score (nSPS) is 18.7. The molecule has 10 aromatic heterocycles. The van der Waals surface area contributed by atoms with Gasteiger partial charge in [-0.05, 0) is 249 Å². The van der Waals surface area contributed by atoms with Crippen LogP contribution in [0.25, 0.3) is 86.4 Å². The summed E-state index contributed by atoms with van der Waals surface area (Å²) in [5.41, 5.74) is 32.2. The number of ketones is 4. The second-order valence-corrected chi connectivity index (χ2v) is 39.0. The molecule has 3 saturated heterocycles. The highest BCUT2D eigenvalue weighted by Crippen LogP contribution is 2.44. The van der Waals surface area contributed by atoms with Crippen molar-refractivity contribution in [3.8, 4) is 45.6 Å². The molecule has 20 nitrogen and oxygen atoms in total. The Morgan fingerprint density at radius 1 is 0.351 bits per heavy atom. The van der Waals surface area contributed by atoms with Gasteiger partial charge in [0.2, 0.25) is 0 Å². The van der Waals surface area contributed by atoms with E-state index in [9.17, 15) is 19.2 Å². The van der Waals surface area contributed by atoms with E-state index in [0.29, 0.717) is 77.6 Å². The van der Waals surface area contributed by atoms with Gasteiger partial charge in [-0.25, -0.2) is 49.8 Å². The number of rotatable bonds is 21. The third kappa shape index (κ3) is 22.4. The zero-order valence-corrected chi connectivity index (χ0v) is 78.3. The van der Waals surface area contributed by atoms with Crippen LogP contribution >= 0.6 is 45.3 Å². The molecule has 4 atom stereocenters. The first kappa shape index (κ1) is 90.8. The maximum absolute atomic E-state index is 12.8. The van der Waals surface area contributed by atoms with Crippen LogP contribution in [-0.2, 0) is 39.9 Å². The highest BCUT2D eigenvalue weighted by atomic mass is 32.1. The molecule has 4 N–H and O–H groups in total. The van der Waals surface area contributed by atoms with Gasteiger partial charge in [0.05, 0.1) is 88.1 Å². The van der Waals surface area contributed by atoms with Gasteiger partial charge in [0.15, 0.2) is 46.4 Å². The number of aryl methyl sites for hydroxylation is 2. The van der Waals surface area contributed by atoms with E-state index in [-0.39, 0.29) is 54.0 Å². The molecule has 4 fully saturated rings. The molecule has 3 aliphatic heterocycles. The minimum atomic E-state index is -0.000255. The van der Waals surface area contributed by atoms with Crippen molar-refractivity contribution < 1.29 is 33.4 Å². The molecule has 131 heavy (non-hydrogen) atoms. The molecule has 1 saturated carbocycles. The first-order chi connectivity index (χ1) is 63.6. The Labute approximate surface area is 779 Å². The van der Waals surface area contributed by atoms with Crippen molar-refractivity contribution in [2.24, 2.45) is 0 Å². The van der Waals surface area contributed by atoms with Crippen molar-refractivity contribution in [2.45, 2.75) is 186 Å². The molecular formula is C107H107N13O7S4. The molecule has 20 rings (SSSR count). The number of nitrogens with two attached hydrogens (primary N) is 2. The minimum Gasteiger partial charge on any atom is -0.384 e. The Morgan fingerprint density at radius 2 is 0.656 bits per heavy atom. The van der Waals surface area contributed by atoms with E-state index in [1.54, 1.807) is 69.6 Å². The van der Waals surface area contributed by atoms with E-state index in [0.717, 1.165) is 193 Å². The zero-order valence-electron chi connectivity index (χ0n) is 75.0. The summed E-state index contributed by atoms with van der Waals surface area (Å²) in [7, 11) is 4.35. The average Bonchev–Trinajstić information content (AvgIpc) is 1.73. The SMILES string of the molecule is CC1CC(c2nc(-c3cccc(CC(=O)c4ccc(N)nc4)c3)nc3ccsc23)CC(C)O1.CN(C)C1CCC(c2nc(-c3cccc(CC(=O)c4ccc(N)nc4)c3)nc3ccsc23)CC1.Cc1cccc(C(=O)Cc2cccc(-c3nc(C4CC(C)OC(C)C4)c4sccc4n3)c2)c1.Cc1cccc(C(=O)Cc2cccc(-c3nc(C4CCOCC4)c4sccc4n3)c2)c1. The summed E-state index contributed by atoms with van der Waals surface area (Å²) in [6, 6.07) is 63.3. The topological polar surface area (TPSA) is 280 Å². The first-order valence-electron chi connectivity index (χ1n) is 45.2. The smallest absolute Gasteiger partial charge is 0.168 e. The summed E-state index contributed by atoms with van der Waals surface area (Å²) < 4.78 is 22.2. The predicted octanol–water partition coefficient (Wildman–Crippen LogP) is 23.5. The van der Waals surface area contributed by atoms with Crippen molar-refractivity contribution in [2.75, 3.05) is 38.8 Å². The second-order valence-electron chi connectivity index (χ2n) is 35.4. The predicted molar refractivity (Wildman–Crippen MR) is 529 cm³/mol. The lowest BCUT2D eigenvalue weighted by molar-refractivity contribution is -0.0385. The van der Waals surface area contributed by atoms with Crippen molar-refractivity contribution in [3.63, 3.8) is 0 Å². The number of nitrogens with zero attached hydrogens (tertiary/aromatic N) is 11. The van der Waals surface area contributed by atoms with Gasteiger partial charge < -0.3 is 30.6 Å². The number of hydrogen-bond acceptors (Lipinski definition) is 24. The molecule has 24 heteroatoms. The summed E-state index contributed by atoms with van der Waals surface area (Å²) in [5.74, 6) is 5.53. The summed E-state index contributed by atoms with van der Waals surface area (Å²) in [6.45, 7) is 14.1. The first-order valence-corrected chi connectivity index (χ1v) is 48.7. The van der Waals surface area contributed by atoms with Gasteiger partial charge >= 0.3 is 0 Å². The lowest BCUT2D eigenvalue weighted by Crippen LogP contribution is -2.31. The molecule has 4 unspecified atom stereocenters. The Balaban J connectivity index is 0.000000122. The molecule has 16 aromatic rings. The Morgan fingerprint density at radius 3 is 0.962 bits per heavy atom. The number of anilines is 2. The number of Topliss-reactive ketones (excluding diaryl/α,β-unsaturated/α-hetero) is 4. The number of carbonyl (C=O) groups is 4. The van der Waals surface area contributed by atoms with E-state index in [2.05, 4.69) is 115 Å². The summed E-state index contributed by atoms with van der Waals surface area (Å²) in [4.78, 5) is 101. The van der Waals surface area contributed by atoms with Gasteiger partial charge in [-0.15, -0.1) is 45.3 Å². The molecule has 0 spiro atoms. The van der Waals surface area contributed by atoms with Crippen LogP contribution in [0.3, 0.4) is 0 Å². The number of carbonyl (C=O) groups excluding carboxylic acids is 4. The number of pyridine rings is 2. The largest absolute Gasteiger partial charge is 0.384 e. The molecule has 0 bridgehead atoms. The van der Waals surface area contributed by atoms with E-state index >= 15 is 0 Å². The van der Waals surface area contributed by atoms with Gasteiger partial charge in [-0.1, -0.05) is 120 Å². The van der Waals surface area contributed by atoms with Gasteiger partial charge in [0.1, 0.15) is 11.6 Å². The molecule has 0 radical (unpaired) electrons. The maximum atomic E-state index is 12.8. The number of hydrogen-bond donors (Lipinski definition) is 2. The number of aromatic nitrogens is 10. The molecule has 666 valence electrons. The standard InChI is InChI=1S/C28H28N2O2S.C27H29N5OS.C26H26N4O2S.C26H24N2O2S/c1-17-6-4-8-21(12-17)25(31)16-20-7-5-9-22(15-20)28-29-24-10-11-33-27(24)26(30-28)23-13-18(2)32-19(3)14-23;1-32(2)21-9-6-18(7-10-21)25-26-22(12-13-34-26)30-27(31-25)19-5-3-4-17(14-19)15-23(33)20-8-11-24(28)29-16-20;1-15-10-20(11-16(2)32-15)24-25-21(8-9-33-25)29-26(30-24)18-5-3-4-17(12-18)13-22(31)19-6-7-23(27)28-14-19;1-17-4-2-6-20(14-17)23(29)16-18-5-3-7-21(15-18)26-27-22-10-13-31-25(22)24(28-26)19-8-11-30-12-9-19/h4-12,15,18-19,23H,13-14,16H2,1-3H3;3-5,8,11-14,16,18,21H,6-7,9-10,15H2,1-2H3,(H2,28,29);3-9,12,14-16,20H,10-11,13H2,1-2H3,(H2,27,28);2-7,10,13-15,19H,8-9,11-12,16H2,1H3. The highest BCUT2D eigenvalue weighted by Gasteiger charge is 2.33. The monoisotopic (exact) mass is 1810 g/mol. The fourth-order valence-electron chi connectivity index (χ4n) is 18.5. The van der Waals surface area contributed by atoms with Gasteiger partial charge in [0.25, 0.3) is 0 Å². The van der Waals surface area contributed by atoms with Gasteiger partial charge in [0, 0.05) is 126 Å². The van der Waals surface area contributed by atoms with E-state index in [1.807, 2.05) is 147 Å². The lowest BCUT2D eigenvalue weighted by Gasteiger charge is -2.32. The van der Waals surface area contributed by atoms with E-state index < -0.39 is 0 Å². The van der Waals surface area contributed by atoms with Crippen LogP contribution in [0.1, 0.15) is 213 Å². The van der Waals surface area contributed by atoms with E-state index in [1.165, 1.54) is 45.0 Å². The Hall–Kier alpha value is -12.1. The van der Waals surface area contributed by atoms with Crippen molar-refractivity contribution in [1.82, 2.24) is 54.7 Å². The van der Waals surface area contributed by atoms with Crippen molar-refractivity contribution in [1.29, 1.82) is 0 Å². The fourth-order valence-corrected chi connectivity index (χ4v) is 22.1. The lowest BCUT2D eigenvalue weighted by atomic mass is 9.83. The number of ether oxygens (including phenoxy) is 3. The number of fused-ring (bicyclic) bond motifs is 4. The summed E-state index contributed by atoms with van der Waals surface area (Å²) in [5, 5.41) is 8.36. The van der Waals surface area contributed by atoms with Crippen molar-refractivity contribution >= 4 is 121 Å². The third-order valence-corrected chi connectivity index (χ3v) is 28.7. The summed E-state index contributed by atoms with van der Waals surface area (Å²) >= 11 is 6.86. The quantitative estimate of drug-likeness (QED) is 0.0632. The number of benzene rings is 6. The molecule has 0 amide bonds. The maximum Gasteiger partial charge on any atom is 0.168 e. The molecule has 4 aliphatic rings. The van der Waals surface area contributed by atoms with Crippen LogP contribution in [0, 0.1) is 13.8 Å². The van der Waals surface area contributed by atoms with Crippen LogP contribution in [0.4, 0.5) is 11.6 Å².